The van der Waals surface area contributed by atoms with Crippen LogP contribution in [0, 0.1) is 20.8 Å². The molecule has 2 N–H and O–H groups in total. The van der Waals surface area contributed by atoms with Crippen molar-refractivity contribution in [2.45, 2.75) is 43.0 Å². The number of anilines is 2. The fourth-order valence-electron chi connectivity index (χ4n) is 6.18. The topological polar surface area (TPSA) is 150 Å². The maximum atomic E-state index is 14.2. The van der Waals surface area contributed by atoms with Crippen molar-refractivity contribution in [3.05, 3.63) is 113 Å². The molecule has 1 aliphatic heterocycles. The average molecular weight is 678 g/mol. The van der Waals surface area contributed by atoms with Crippen LogP contribution in [0.15, 0.2) is 94.7 Å². The molecule has 0 saturated carbocycles. The molecule has 1 aliphatic rings. The smallest absolute Gasteiger partial charge is 0.324 e. The number of ether oxygens (including phenoxy) is 1. The van der Waals surface area contributed by atoms with Gasteiger partial charge in [-0.15, -0.1) is 0 Å². The Bertz CT molecular complexity index is 2040. The highest BCUT2D eigenvalue weighted by atomic mass is 32.2. The van der Waals surface area contributed by atoms with Crippen molar-refractivity contribution in [1.82, 2.24) is 4.72 Å². The van der Waals surface area contributed by atoms with Gasteiger partial charge in [-0.2, -0.15) is 0 Å². The Morgan fingerprint density at radius 3 is 2.21 bits per heavy atom. The van der Waals surface area contributed by atoms with E-state index >= 15 is 0 Å². The number of carbonyl (C=O) groups excluding carboxylic acids is 1. The van der Waals surface area contributed by atoms with Gasteiger partial charge in [-0.1, -0.05) is 54.1 Å². The van der Waals surface area contributed by atoms with Crippen LogP contribution in [0.1, 0.15) is 33.9 Å². The molecular formula is C34H35N3O8S2. The first kappa shape index (κ1) is 33.5. The second kappa shape index (κ2) is 13.1. The normalized spacial score (nSPS) is 13.5. The van der Waals surface area contributed by atoms with E-state index in [-0.39, 0.29) is 28.4 Å². The molecule has 0 radical (unpaired) electrons. The minimum atomic E-state index is -4.36. The molecule has 0 aliphatic carbocycles. The van der Waals surface area contributed by atoms with Gasteiger partial charge in [-0.3, -0.25) is 13.9 Å². The summed E-state index contributed by atoms with van der Waals surface area (Å²) in [5.41, 5.74) is 3.41. The zero-order valence-corrected chi connectivity index (χ0v) is 27.9. The summed E-state index contributed by atoms with van der Waals surface area (Å²) < 4.78 is 63.4. The Hall–Kier alpha value is -4.88. The predicted molar refractivity (Wildman–Crippen MR) is 178 cm³/mol. The number of amides is 1. The first-order valence-electron chi connectivity index (χ1n) is 14.7. The number of rotatable bonds is 11. The maximum absolute atomic E-state index is 14.2. The molecule has 1 unspecified atom stereocenters. The van der Waals surface area contributed by atoms with E-state index in [9.17, 15) is 31.5 Å². The van der Waals surface area contributed by atoms with E-state index in [1.54, 1.807) is 91.5 Å². The molecule has 4 aromatic carbocycles. The molecule has 0 saturated heterocycles. The van der Waals surface area contributed by atoms with Crippen molar-refractivity contribution >= 4 is 43.3 Å². The monoisotopic (exact) mass is 677 g/mol. The van der Waals surface area contributed by atoms with Crippen LogP contribution in [0.3, 0.4) is 0 Å². The van der Waals surface area contributed by atoms with Gasteiger partial charge >= 0.3 is 5.97 Å². The van der Waals surface area contributed by atoms with Crippen LogP contribution in [-0.2, 0) is 36.1 Å². The Morgan fingerprint density at radius 1 is 0.915 bits per heavy atom. The van der Waals surface area contributed by atoms with E-state index in [2.05, 4.69) is 4.72 Å². The summed E-state index contributed by atoms with van der Waals surface area (Å²) in [7, 11) is -7.13. The van der Waals surface area contributed by atoms with Crippen molar-refractivity contribution in [3.8, 4) is 5.75 Å². The van der Waals surface area contributed by atoms with E-state index in [0.717, 1.165) is 9.87 Å². The molecule has 0 bridgehead atoms. The van der Waals surface area contributed by atoms with E-state index in [1.807, 2.05) is 6.92 Å². The number of carboxylic acid groups (broad SMARTS) is 1. The van der Waals surface area contributed by atoms with E-state index in [1.165, 1.54) is 19.2 Å². The average Bonchev–Trinajstić information content (AvgIpc) is 3.43. The number of hydrogen-bond donors (Lipinski definition) is 2. The number of benzene rings is 4. The molecular weight excluding hydrogens is 643 g/mol. The van der Waals surface area contributed by atoms with Crippen molar-refractivity contribution in [2.75, 3.05) is 29.4 Å². The SMILES string of the molecule is COc1cccc(C(C(=O)NS(=O)(=O)c2ccccc2)N2CCc3c2cccc3N(CC(=O)O)S(=O)(=O)c2c(C)cc(C)cc2C)c1. The predicted octanol–water partition coefficient (Wildman–Crippen LogP) is 4.51. The number of fused-ring (bicyclic) bond motifs is 1. The number of aliphatic carboxylic acids is 1. The van der Waals surface area contributed by atoms with Crippen LogP contribution >= 0.6 is 0 Å². The molecule has 5 rings (SSSR count). The van der Waals surface area contributed by atoms with E-state index < -0.39 is 44.5 Å². The largest absolute Gasteiger partial charge is 0.497 e. The van der Waals surface area contributed by atoms with Crippen molar-refractivity contribution < 1.29 is 36.3 Å². The maximum Gasteiger partial charge on any atom is 0.324 e. The molecule has 13 heteroatoms. The first-order valence-corrected chi connectivity index (χ1v) is 17.6. The van der Waals surface area contributed by atoms with Crippen molar-refractivity contribution in [1.29, 1.82) is 0 Å². The Balaban J connectivity index is 1.62. The lowest BCUT2D eigenvalue weighted by molar-refractivity contribution is -0.135. The highest BCUT2D eigenvalue weighted by Gasteiger charge is 2.38. The third-order valence-corrected chi connectivity index (χ3v) is 11.4. The van der Waals surface area contributed by atoms with Gasteiger partial charge < -0.3 is 14.7 Å². The molecule has 11 nitrogen and oxygen atoms in total. The van der Waals surface area contributed by atoms with Gasteiger partial charge in [0, 0.05) is 17.8 Å². The highest BCUT2D eigenvalue weighted by Crippen LogP contribution is 2.42. The van der Waals surface area contributed by atoms with Crippen molar-refractivity contribution in [2.24, 2.45) is 0 Å². The summed E-state index contributed by atoms with van der Waals surface area (Å²) >= 11 is 0. The zero-order chi connectivity index (χ0) is 34.1. The van der Waals surface area contributed by atoms with Crippen LogP contribution in [0.25, 0.3) is 0 Å². The van der Waals surface area contributed by atoms with Gasteiger partial charge in [0.1, 0.15) is 18.3 Å². The molecule has 0 spiro atoms. The summed E-state index contributed by atoms with van der Waals surface area (Å²) in [6, 6.07) is 21.3. The van der Waals surface area contributed by atoms with Crippen LogP contribution in [0.5, 0.6) is 5.75 Å². The number of carbonyl (C=O) groups is 2. The molecule has 0 fully saturated rings. The van der Waals surface area contributed by atoms with Gasteiger partial charge in [0.2, 0.25) is 0 Å². The quantitative estimate of drug-likeness (QED) is 0.234. The minimum absolute atomic E-state index is 0.0246. The number of nitrogens with one attached hydrogen (secondary N) is 1. The second-order valence-electron chi connectivity index (χ2n) is 11.3. The van der Waals surface area contributed by atoms with Crippen LogP contribution < -0.4 is 18.7 Å². The summed E-state index contributed by atoms with van der Waals surface area (Å²) in [5, 5.41) is 9.86. The number of hydrogen-bond acceptors (Lipinski definition) is 8. The summed E-state index contributed by atoms with van der Waals surface area (Å²) in [5.74, 6) is -1.73. The molecule has 1 amide bonds. The van der Waals surface area contributed by atoms with Gasteiger partial charge in [0.05, 0.1) is 22.6 Å². The molecule has 1 heterocycles. The first-order chi connectivity index (χ1) is 22.2. The van der Waals surface area contributed by atoms with E-state index in [0.29, 0.717) is 33.7 Å². The number of aryl methyl sites for hydroxylation is 3. The van der Waals surface area contributed by atoms with Gasteiger partial charge in [0.15, 0.2) is 0 Å². The lowest BCUT2D eigenvalue weighted by Gasteiger charge is -2.31. The third-order valence-electron chi connectivity index (χ3n) is 8.00. The fourth-order valence-corrected chi connectivity index (χ4v) is 9.05. The molecule has 246 valence electrons. The fraction of sp³-hybridized carbons (Fsp3) is 0.235. The molecule has 4 aromatic rings. The standard InChI is InChI=1S/C34H35N3O8S2/c1-22-18-23(2)33(24(3)19-22)47(43,44)37(21-31(38)39)30-15-9-14-29-28(30)16-17-36(29)32(25-10-8-11-26(20-25)45-4)34(40)35-46(41,42)27-12-6-5-7-13-27/h5-15,18-20,32H,16-17,21H2,1-4H3,(H,35,40)(H,38,39). The van der Waals surface area contributed by atoms with Gasteiger partial charge in [0.25, 0.3) is 26.0 Å². The lowest BCUT2D eigenvalue weighted by atomic mass is 10.0. The van der Waals surface area contributed by atoms with Crippen LogP contribution in [-0.4, -0.2) is 54.0 Å². The number of carboxylic acids is 1. The molecule has 1 atom stereocenters. The van der Waals surface area contributed by atoms with E-state index in [4.69, 9.17) is 4.74 Å². The summed E-state index contributed by atoms with van der Waals surface area (Å²) in [6.45, 7) is 4.56. The Morgan fingerprint density at radius 2 is 1.57 bits per heavy atom. The molecule has 47 heavy (non-hydrogen) atoms. The summed E-state index contributed by atoms with van der Waals surface area (Å²) in [4.78, 5) is 27.7. The Labute approximate surface area is 274 Å². The highest BCUT2D eigenvalue weighted by molar-refractivity contribution is 7.93. The van der Waals surface area contributed by atoms with Crippen LogP contribution in [0.2, 0.25) is 0 Å². The van der Waals surface area contributed by atoms with Gasteiger partial charge in [-0.05, 0) is 80.3 Å². The van der Waals surface area contributed by atoms with Crippen LogP contribution in [0.4, 0.5) is 11.4 Å². The molecule has 0 aromatic heterocycles. The zero-order valence-electron chi connectivity index (χ0n) is 26.3. The summed E-state index contributed by atoms with van der Waals surface area (Å²) in [6.07, 6.45) is 0.252. The number of methoxy groups -OCH3 is 1. The second-order valence-corrected chi connectivity index (χ2v) is 14.8. The minimum Gasteiger partial charge on any atom is -0.497 e. The van der Waals surface area contributed by atoms with Gasteiger partial charge in [-0.25, -0.2) is 21.6 Å². The number of nitrogens with zero attached hydrogens (tertiary/aromatic N) is 2. The Kier molecular flexibility index (Phi) is 9.32. The van der Waals surface area contributed by atoms with Crippen molar-refractivity contribution in [3.63, 3.8) is 0 Å². The lowest BCUT2D eigenvalue weighted by Crippen LogP contribution is -2.42. The number of sulfonamides is 2. The third kappa shape index (κ3) is 6.67.